The number of nitrogens with zero attached hydrogens (tertiary/aromatic N) is 4. The van der Waals surface area contributed by atoms with E-state index in [1.165, 1.54) is 21.3 Å². The van der Waals surface area contributed by atoms with Gasteiger partial charge in [-0.1, -0.05) is 71.8 Å². The van der Waals surface area contributed by atoms with Crippen molar-refractivity contribution in [3.8, 4) is 22.5 Å². The van der Waals surface area contributed by atoms with Crippen molar-refractivity contribution >= 4 is 45.6 Å². The summed E-state index contributed by atoms with van der Waals surface area (Å²) in [4.78, 5) is 66.4. The number of carbonyl (C=O) groups excluding carboxylic acids is 5. The van der Waals surface area contributed by atoms with Crippen molar-refractivity contribution in [2.75, 3.05) is 71.4 Å². The Morgan fingerprint density at radius 1 is 0.739 bits per heavy atom. The van der Waals surface area contributed by atoms with Gasteiger partial charge < -0.3 is 49.9 Å². The van der Waals surface area contributed by atoms with E-state index in [9.17, 15) is 32.4 Å². The molecule has 1 aliphatic rings. The normalized spacial score (nSPS) is 12.7. The zero-order chi connectivity index (χ0) is 49.6. The van der Waals surface area contributed by atoms with E-state index in [1.54, 1.807) is 29.2 Å². The van der Waals surface area contributed by atoms with E-state index in [0.29, 0.717) is 56.5 Å². The van der Waals surface area contributed by atoms with Crippen LogP contribution in [0.3, 0.4) is 0 Å². The monoisotopic (exact) mass is 976 g/mol. The van der Waals surface area contributed by atoms with Gasteiger partial charge in [-0.3, -0.25) is 9.59 Å². The first-order valence-corrected chi connectivity index (χ1v) is 24.7. The maximum atomic E-state index is 14.3. The van der Waals surface area contributed by atoms with Gasteiger partial charge >= 0.3 is 18.3 Å². The maximum absolute atomic E-state index is 14.3. The number of aryl methyl sites for hydroxylation is 2. The highest BCUT2D eigenvalue weighted by Gasteiger charge is 2.30. The SMILES string of the molecule is CNC(=O)OC(CCCCCn1nnc2c1-c1ccccc1N(C(=O)CCNC(=O)C(CCCCNC(=O)OCCOC)NC(=O)OCCOC)Cc1ccccc1-2)CS(=O)(=O)c1ccc(C)cc1. The molecule has 2 heterocycles. The first-order valence-electron chi connectivity index (χ1n) is 23.0. The lowest BCUT2D eigenvalue weighted by Gasteiger charge is -2.29. The Hall–Kier alpha value is -6.58. The number of ether oxygens (including phenoxy) is 5. The highest BCUT2D eigenvalue weighted by atomic mass is 32.2. The molecule has 0 fully saturated rings. The summed E-state index contributed by atoms with van der Waals surface area (Å²) in [6, 6.07) is 20.8. The van der Waals surface area contributed by atoms with E-state index in [2.05, 4.69) is 31.6 Å². The van der Waals surface area contributed by atoms with E-state index in [0.717, 1.165) is 27.9 Å². The van der Waals surface area contributed by atoms with Gasteiger partial charge in [0, 0.05) is 58.4 Å². The zero-order valence-electron chi connectivity index (χ0n) is 39.7. The van der Waals surface area contributed by atoms with Crippen molar-refractivity contribution in [3.63, 3.8) is 0 Å². The number of unbranched alkanes of at least 4 members (excludes halogenated alkanes) is 3. The molecule has 4 aromatic rings. The molecule has 2 atom stereocenters. The van der Waals surface area contributed by atoms with Crippen LogP contribution in [0, 0.1) is 6.92 Å². The van der Waals surface area contributed by atoms with E-state index >= 15 is 0 Å². The summed E-state index contributed by atoms with van der Waals surface area (Å²) in [6.07, 6.45) is 0.368. The van der Waals surface area contributed by atoms with Crippen LogP contribution in [0.5, 0.6) is 0 Å². The molecule has 20 nitrogen and oxygen atoms in total. The second-order valence-corrected chi connectivity index (χ2v) is 18.3. The number of alkyl carbamates (subject to hydrolysis) is 3. The highest BCUT2D eigenvalue weighted by Crippen LogP contribution is 2.41. The minimum absolute atomic E-state index is 0.0115. The number of para-hydroxylation sites is 1. The molecule has 1 aliphatic heterocycles. The molecule has 374 valence electrons. The van der Waals surface area contributed by atoms with Crippen LogP contribution in [0.1, 0.15) is 62.5 Å². The van der Waals surface area contributed by atoms with Crippen molar-refractivity contribution in [1.29, 1.82) is 0 Å². The number of amides is 5. The number of nitrogens with one attached hydrogen (secondary N) is 4. The first-order chi connectivity index (χ1) is 33.3. The number of anilines is 1. The molecule has 1 aromatic heterocycles. The Morgan fingerprint density at radius 3 is 2.14 bits per heavy atom. The Morgan fingerprint density at radius 2 is 1.42 bits per heavy atom. The van der Waals surface area contributed by atoms with Crippen molar-refractivity contribution in [2.45, 2.75) is 88.4 Å². The lowest BCUT2D eigenvalue weighted by atomic mass is 9.95. The fraction of sp³-hybridized carbons (Fsp3) is 0.479. The number of sulfone groups is 1. The van der Waals surface area contributed by atoms with Gasteiger partial charge in [-0.15, -0.1) is 5.10 Å². The van der Waals surface area contributed by atoms with Crippen LogP contribution in [-0.2, 0) is 56.2 Å². The molecule has 4 N–H and O–H groups in total. The van der Waals surface area contributed by atoms with E-state index < -0.39 is 46.2 Å². The van der Waals surface area contributed by atoms with Crippen LogP contribution in [0.2, 0.25) is 0 Å². The fourth-order valence-corrected chi connectivity index (χ4v) is 9.10. The molecule has 0 saturated heterocycles. The van der Waals surface area contributed by atoms with Crippen molar-refractivity contribution in [1.82, 2.24) is 36.3 Å². The zero-order valence-corrected chi connectivity index (χ0v) is 40.5. The number of carbonyl (C=O) groups is 5. The van der Waals surface area contributed by atoms with Crippen LogP contribution < -0.4 is 26.2 Å². The molecule has 0 saturated carbocycles. The van der Waals surface area contributed by atoms with Gasteiger partial charge in [0.1, 0.15) is 31.1 Å². The van der Waals surface area contributed by atoms with Crippen LogP contribution in [0.15, 0.2) is 77.7 Å². The third-order valence-electron chi connectivity index (χ3n) is 11.2. The molecular weight excluding hydrogens is 913 g/mol. The predicted molar refractivity (Wildman–Crippen MR) is 256 cm³/mol. The molecule has 5 amide bonds. The van der Waals surface area contributed by atoms with Gasteiger partial charge in [-0.25, -0.2) is 27.5 Å². The van der Waals surface area contributed by atoms with Gasteiger partial charge in [-0.2, -0.15) is 0 Å². The molecule has 2 unspecified atom stereocenters. The smallest absolute Gasteiger partial charge is 0.407 e. The highest BCUT2D eigenvalue weighted by molar-refractivity contribution is 7.91. The number of aromatic nitrogens is 3. The topological polar surface area (TPSA) is 248 Å². The summed E-state index contributed by atoms with van der Waals surface area (Å²) in [7, 11) is 0.667. The van der Waals surface area contributed by atoms with Crippen molar-refractivity contribution in [3.05, 3.63) is 83.9 Å². The van der Waals surface area contributed by atoms with E-state index in [-0.39, 0.29) is 75.5 Å². The summed E-state index contributed by atoms with van der Waals surface area (Å²) < 4.78 is 53.8. The van der Waals surface area contributed by atoms with Crippen LogP contribution in [0.25, 0.3) is 22.5 Å². The molecule has 0 spiro atoms. The number of benzene rings is 3. The fourth-order valence-electron chi connectivity index (χ4n) is 7.63. The average Bonchev–Trinajstić information content (AvgIpc) is 3.75. The third-order valence-corrected chi connectivity index (χ3v) is 13.0. The maximum Gasteiger partial charge on any atom is 0.407 e. The second kappa shape index (κ2) is 27.4. The molecule has 5 rings (SSSR count). The molecule has 21 heteroatoms. The third kappa shape index (κ3) is 16.3. The lowest BCUT2D eigenvalue weighted by Crippen LogP contribution is -2.47. The Kier molecular flexibility index (Phi) is 21.2. The molecule has 3 aromatic carbocycles. The van der Waals surface area contributed by atoms with Gasteiger partial charge in [0.25, 0.3) is 0 Å². The molecule has 0 radical (unpaired) electrons. The van der Waals surface area contributed by atoms with Crippen molar-refractivity contribution < 1.29 is 56.1 Å². The number of hydrogen-bond acceptors (Lipinski definition) is 14. The van der Waals surface area contributed by atoms with Crippen LogP contribution in [-0.4, -0.2) is 132 Å². The van der Waals surface area contributed by atoms with Crippen molar-refractivity contribution in [2.24, 2.45) is 0 Å². The largest absolute Gasteiger partial charge is 0.447 e. The number of rotatable bonds is 26. The Bertz CT molecular complexity index is 2430. The first kappa shape index (κ1) is 53.4. The number of fused-ring (bicyclic) bond motifs is 5. The van der Waals surface area contributed by atoms with E-state index in [4.69, 9.17) is 23.7 Å². The minimum atomic E-state index is -3.73. The summed E-state index contributed by atoms with van der Waals surface area (Å²) in [5, 5.41) is 19.7. The van der Waals surface area contributed by atoms with Crippen LogP contribution in [0.4, 0.5) is 20.1 Å². The molecular formula is C48H64N8O12S. The van der Waals surface area contributed by atoms with Gasteiger partial charge in [0.2, 0.25) is 11.8 Å². The van der Waals surface area contributed by atoms with Gasteiger partial charge in [0.15, 0.2) is 9.84 Å². The van der Waals surface area contributed by atoms with Gasteiger partial charge in [0.05, 0.1) is 41.8 Å². The van der Waals surface area contributed by atoms with Crippen LogP contribution >= 0.6 is 0 Å². The lowest BCUT2D eigenvalue weighted by molar-refractivity contribution is -0.123. The standard InChI is InChI=1S/C48H64N8O12S/c1-34-20-22-37(23-21-34)69(62,63)33-36(68-46(59)49-2)15-6-5-13-27-56-44-39-17-9-10-19-41(39)55(32-35-14-7-8-16-38(35)43(44)53-54-56)42(57)24-26-50-45(58)40(52-48(61)67-31-29-65-4)18-11-12-25-51-47(60)66-30-28-64-3/h7-10,14,16-17,19-23,36,40H,5-6,11-13,15,18,24-33H2,1-4H3,(H,49,59)(H,50,58)(H,51,60)(H,52,61). The summed E-state index contributed by atoms with van der Waals surface area (Å²) >= 11 is 0. The molecule has 0 bridgehead atoms. The molecule has 0 aliphatic carbocycles. The summed E-state index contributed by atoms with van der Waals surface area (Å²) in [5.74, 6) is -1.11. The summed E-state index contributed by atoms with van der Waals surface area (Å²) in [6.45, 7) is 3.36. The molecule has 69 heavy (non-hydrogen) atoms. The summed E-state index contributed by atoms with van der Waals surface area (Å²) in [5.41, 5.74) is 5.33. The number of methoxy groups -OCH3 is 2. The second-order valence-electron chi connectivity index (χ2n) is 16.3. The number of hydrogen-bond donors (Lipinski definition) is 4. The quantitative estimate of drug-likeness (QED) is 0.0460. The Labute approximate surface area is 403 Å². The van der Waals surface area contributed by atoms with Gasteiger partial charge in [-0.05, 0) is 69.2 Å². The predicted octanol–water partition coefficient (Wildman–Crippen LogP) is 5.32. The average molecular weight is 977 g/mol. The minimum Gasteiger partial charge on any atom is -0.447 e. The Balaban J connectivity index is 1.24. The van der Waals surface area contributed by atoms with E-state index in [1.807, 2.05) is 60.1 Å².